The Morgan fingerprint density at radius 3 is 1.17 bits per heavy atom. The van der Waals surface area contributed by atoms with Gasteiger partial charge in [0.15, 0.2) is 0 Å². The van der Waals surface area contributed by atoms with Crippen molar-refractivity contribution >= 4 is 38.6 Å². The number of para-hydroxylation sites is 1. The van der Waals surface area contributed by atoms with Gasteiger partial charge in [-0.1, -0.05) is 224 Å². The molecule has 0 atom stereocenters. The molecule has 0 aliphatic heterocycles. The Balaban J connectivity index is 1.04. The molecule has 1 nitrogen and oxygen atoms in total. The molecule has 0 unspecified atom stereocenters. The maximum absolute atomic E-state index is 2.42. The lowest BCUT2D eigenvalue weighted by Crippen LogP contribution is -2.11. The van der Waals surface area contributed by atoms with Crippen molar-refractivity contribution in [1.29, 1.82) is 0 Å². The third-order valence-corrected chi connectivity index (χ3v) is 12.3. The number of benzene rings is 11. The molecule has 0 saturated heterocycles. The molecule has 0 radical (unpaired) electrons. The summed E-state index contributed by atoms with van der Waals surface area (Å²) in [4.78, 5) is 2.42. The van der Waals surface area contributed by atoms with Crippen LogP contribution < -0.4 is 4.90 Å². The molecule has 296 valence electrons. The Kier molecular flexibility index (Phi) is 9.97. The number of fused-ring (bicyclic) bond motifs is 3. The molecule has 0 heterocycles. The van der Waals surface area contributed by atoms with E-state index in [1.54, 1.807) is 0 Å². The first-order valence-electron chi connectivity index (χ1n) is 21.7. The summed E-state index contributed by atoms with van der Waals surface area (Å²) >= 11 is 0. The summed E-state index contributed by atoms with van der Waals surface area (Å²) in [5, 5.41) is 5.05. The van der Waals surface area contributed by atoms with Crippen LogP contribution in [0.25, 0.3) is 88.3 Å². The molecule has 0 amide bonds. The highest BCUT2D eigenvalue weighted by Gasteiger charge is 2.21. The number of nitrogens with zero attached hydrogens (tertiary/aromatic N) is 1. The fourth-order valence-corrected chi connectivity index (χ4v) is 9.24. The third-order valence-electron chi connectivity index (χ3n) is 12.3. The Labute approximate surface area is 369 Å². The average molecular weight is 802 g/mol. The van der Waals surface area contributed by atoms with Gasteiger partial charge in [-0.3, -0.25) is 0 Å². The Bertz CT molecular complexity index is 3350. The van der Waals surface area contributed by atoms with Crippen LogP contribution in [0, 0.1) is 0 Å². The Hall–Kier alpha value is -8.26. The Morgan fingerprint density at radius 2 is 0.571 bits per heavy atom. The number of hydrogen-bond donors (Lipinski definition) is 0. The van der Waals surface area contributed by atoms with Gasteiger partial charge in [-0.2, -0.15) is 0 Å². The van der Waals surface area contributed by atoms with Crippen molar-refractivity contribution in [3.8, 4) is 66.8 Å². The molecule has 0 fully saturated rings. The van der Waals surface area contributed by atoms with Crippen LogP contribution in [0.1, 0.15) is 0 Å². The number of anilines is 3. The zero-order chi connectivity index (χ0) is 42.0. The van der Waals surface area contributed by atoms with Gasteiger partial charge >= 0.3 is 0 Å². The van der Waals surface area contributed by atoms with E-state index >= 15 is 0 Å². The Morgan fingerprint density at radius 1 is 0.206 bits per heavy atom. The minimum Gasteiger partial charge on any atom is -0.310 e. The molecule has 11 aromatic carbocycles. The summed E-state index contributed by atoms with van der Waals surface area (Å²) in [5.41, 5.74) is 17.6. The molecule has 11 aromatic rings. The van der Waals surface area contributed by atoms with Crippen LogP contribution >= 0.6 is 0 Å². The van der Waals surface area contributed by atoms with E-state index in [-0.39, 0.29) is 0 Å². The minimum absolute atomic E-state index is 1.08. The third kappa shape index (κ3) is 7.26. The van der Waals surface area contributed by atoms with Crippen LogP contribution in [0.15, 0.2) is 261 Å². The molecule has 0 aromatic heterocycles. The number of rotatable bonds is 9. The molecular weight excluding hydrogens is 759 g/mol. The van der Waals surface area contributed by atoms with E-state index in [2.05, 4.69) is 266 Å². The standard InChI is InChI=1S/C62H43N/c1-3-17-44(18-4-1)45-31-33-46(34-32-45)47-35-39-51(40-36-47)63(52-41-37-49(38-42-52)61-43-50-21-7-8-23-54(50)56-25-11-14-28-59(56)61)62-30-16-15-29-60(62)58-27-13-12-26-57(58)55-24-10-9-22-53(55)48-19-5-2-6-20-48/h1-43H. The molecule has 0 bridgehead atoms. The van der Waals surface area contributed by atoms with E-state index in [1.165, 1.54) is 82.7 Å². The molecule has 0 spiro atoms. The predicted molar refractivity (Wildman–Crippen MR) is 269 cm³/mol. The van der Waals surface area contributed by atoms with Crippen LogP contribution in [-0.2, 0) is 0 Å². The van der Waals surface area contributed by atoms with Crippen LogP contribution in [0.3, 0.4) is 0 Å². The van der Waals surface area contributed by atoms with Crippen molar-refractivity contribution in [2.24, 2.45) is 0 Å². The quantitative estimate of drug-likeness (QED) is 0.131. The van der Waals surface area contributed by atoms with Gasteiger partial charge in [0, 0.05) is 16.9 Å². The zero-order valence-corrected chi connectivity index (χ0v) is 34.8. The topological polar surface area (TPSA) is 3.24 Å². The van der Waals surface area contributed by atoms with Crippen molar-refractivity contribution in [3.05, 3.63) is 261 Å². The van der Waals surface area contributed by atoms with Gasteiger partial charge in [0.1, 0.15) is 0 Å². The summed E-state index contributed by atoms with van der Waals surface area (Å²) in [6.45, 7) is 0. The van der Waals surface area contributed by atoms with Crippen LogP contribution in [0.5, 0.6) is 0 Å². The van der Waals surface area contributed by atoms with E-state index < -0.39 is 0 Å². The smallest absolute Gasteiger partial charge is 0.0540 e. The lowest BCUT2D eigenvalue weighted by atomic mass is 9.88. The van der Waals surface area contributed by atoms with Gasteiger partial charge < -0.3 is 4.90 Å². The molecule has 0 N–H and O–H groups in total. The highest BCUT2D eigenvalue weighted by molar-refractivity contribution is 6.13. The second kappa shape index (κ2) is 16.7. The van der Waals surface area contributed by atoms with E-state index in [9.17, 15) is 0 Å². The molecule has 1 heteroatoms. The lowest BCUT2D eigenvalue weighted by molar-refractivity contribution is 1.28. The maximum atomic E-state index is 2.42. The highest BCUT2D eigenvalue weighted by Crippen LogP contribution is 2.46. The summed E-state index contributed by atoms with van der Waals surface area (Å²) in [6, 6.07) is 94.6. The van der Waals surface area contributed by atoms with Gasteiger partial charge in [-0.05, 0) is 119 Å². The first-order valence-corrected chi connectivity index (χ1v) is 21.7. The van der Waals surface area contributed by atoms with Crippen molar-refractivity contribution in [2.75, 3.05) is 4.90 Å². The van der Waals surface area contributed by atoms with E-state index in [1.807, 2.05) is 0 Å². The largest absolute Gasteiger partial charge is 0.310 e. The normalized spacial score (nSPS) is 11.2. The highest BCUT2D eigenvalue weighted by atomic mass is 15.1. The van der Waals surface area contributed by atoms with Gasteiger partial charge in [0.05, 0.1) is 5.69 Å². The van der Waals surface area contributed by atoms with E-state index in [0.717, 1.165) is 22.6 Å². The van der Waals surface area contributed by atoms with Gasteiger partial charge in [0.2, 0.25) is 0 Å². The first-order chi connectivity index (χ1) is 31.3. The fraction of sp³-hybridized carbons (Fsp3) is 0. The van der Waals surface area contributed by atoms with Crippen LogP contribution in [-0.4, -0.2) is 0 Å². The number of hydrogen-bond acceptors (Lipinski definition) is 1. The maximum Gasteiger partial charge on any atom is 0.0540 e. The van der Waals surface area contributed by atoms with E-state index in [4.69, 9.17) is 0 Å². The van der Waals surface area contributed by atoms with Crippen molar-refractivity contribution in [3.63, 3.8) is 0 Å². The average Bonchev–Trinajstić information content (AvgIpc) is 3.37. The molecule has 11 rings (SSSR count). The SMILES string of the molecule is c1ccc(-c2ccc(-c3ccc(N(c4ccc(-c5cc6ccccc6c6ccccc56)cc4)c4ccccc4-c4ccccc4-c4ccccc4-c4ccccc4)cc3)cc2)cc1. The van der Waals surface area contributed by atoms with Gasteiger partial charge in [-0.25, -0.2) is 0 Å². The van der Waals surface area contributed by atoms with Crippen molar-refractivity contribution < 1.29 is 0 Å². The monoisotopic (exact) mass is 801 g/mol. The second-order valence-electron chi connectivity index (χ2n) is 16.0. The molecular formula is C62H43N. The van der Waals surface area contributed by atoms with Crippen molar-refractivity contribution in [1.82, 2.24) is 0 Å². The minimum atomic E-state index is 1.08. The van der Waals surface area contributed by atoms with E-state index in [0.29, 0.717) is 0 Å². The predicted octanol–water partition coefficient (Wildman–Crippen LogP) is 17.5. The fourth-order valence-electron chi connectivity index (χ4n) is 9.24. The summed E-state index contributed by atoms with van der Waals surface area (Å²) < 4.78 is 0. The van der Waals surface area contributed by atoms with Crippen LogP contribution in [0.2, 0.25) is 0 Å². The zero-order valence-electron chi connectivity index (χ0n) is 34.8. The van der Waals surface area contributed by atoms with Gasteiger partial charge in [0.25, 0.3) is 0 Å². The van der Waals surface area contributed by atoms with Gasteiger partial charge in [-0.15, -0.1) is 0 Å². The molecule has 0 aliphatic rings. The van der Waals surface area contributed by atoms with Crippen molar-refractivity contribution in [2.45, 2.75) is 0 Å². The first kappa shape index (κ1) is 37.7. The molecule has 63 heavy (non-hydrogen) atoms. The summed E-state index contributed by atoms with van der Waals surface area (Å²) in [7, 11) is 0. The van der Waals surface area contributed by atoms with Crippen LogP contribution in [0.4, 0.5) is 17.1 Å². The lowest BCUT2D eigenvalue weighted by Gasteiger charge is -2.29. The summed E-state index contributed by atoms with van der Waals surface area (Å²) in [5.74, 6) is 0. The molecule has 0 saturated carbocycles. The second-order valence-corrected chi connectivity index (χ2v) is 16.0. The summed E-state index contributed by atoms with van der Waals surface area (Å²) in [6.07, 6.45) is 0. The molecule has 0 aliphatic carbocycles.